The summed E-state index contributed by atoms with van der Waals surface area (Å²) in [7, 11) is 0. The van der Waals surface area contributed by atoms with Crippen LogP contribution in [0.3, 0.4) is 0 Å². The van der Waals surface area contributed by atoms with Gasteiger partial charge < -0.3 is 0 Å². The third kappa shape index (κ3) is 2.57. The van der Waals surface area contributed by atoms with Gasteiger partial charge in [0.05, 0.1) is 0 Å². The summed E-state index contributed by atoms with van der Waals surface area (Å²) in [5, 5.41) is 1.04. The molecule has 1 unspecified atom stereocenters. The first-order chi connectivity index (χ1) is 6.79. The fourth-order valence-electron chi connectivity index (χ4n) is 1.88. The molecule has 2 heteroatoms. The highest BCUT2D eigenvalue weighted by molar-refractivity contribution is 9.09. The normalized spacial score (nSPS) is 18.1. The van der Waals surface area contributed by atoms with Crippen molar-refractivity contribution in [3.8, 4) is 0 Å². The molecule has 0 aromatic heterocycles. The van der Waals surface area contributed by atoms with Crippen LogP contribution in [0, 0.1) is 17.7 Å². The monoisotopic (exact) mass is 256 g/mol. The zero-order chi connectivity index (χ0) is 9.97. The summed E-state index contributed by atoms with van der Waals surface area (Å²) in [4.78, 5) is 0. The highest BCUT2D eigenvalue weighted by Crippen LogP contribution is 2.39. The molecule has 1 fully saturated rings. The Labute approximate surface area is 92.6 Å². The molecule has 0 bridgehead atoms. The molecular formula is C12H14BrF. The standard InChI is InChI=1S/C12H14BrF/c13-8-11(10-4-5-10)6-9-2-1-3-12(14)7-9/h1-3,7,10-11H,4-6,8H2. The lowest BCUT2D eigenvalue weighted by molar-refractivity contribution is 0.517. The third-order valence-corrected chi connectivity index (χ3v) is 3.71. The number of hydrogen-bond acceptors (Lipinski definition) is 0. The van der Waals surface area contributed by atoms with E-state index in [9.17, 15) is 4.39 Å². The first-order valence-electron chi connectivity index (χ1n) is 5.10. The third-order valence-electron chi connectivity index (χ3n) is 2.87. The van der Waals surface area contributed by atoms with Crippen LogP contribution in [0.4, 0.5) is 4.39 Å². The minimum Gasteiger partial charge on any atom is -0.207 e. The first kappa shape index (κ1) is 10.2. The van der Waals surface area contributed by atoms with Crippen LogP contribution in [-0.4, -0.2) is 5.33 Å². The van der Waals surface area contributed by atoms with Crippen LogP contribution >= 0.6 is 15.9 Å². The van der Waals surface area contributed by atoms with E-state index in [0.717, 1.165) is 23.2 Å². The molecule has 1 saturated carbocycles. The maximum Gasteiger partial charge on any atom is 0.123 e. The van der Waals surface area contributed by atoms with Crippen LogP contribution in [0.1, 0.15) is 18.4 Å². The molecule has 0 spiro atoms. The van der Waals surface area contributed by atoms with Crippen LogP contribution in [-0.2, 0) is 6.42 Å². The van der Waals surface area contributed by atoms with Gasteiger partial charge in [0.1, 0.15) is 5.82 Å². The Hall–Kier alpha value is -0.370. The summed E-state index contributed by atoms with van der Waals surface area (Å²) < 4.78 is 12.9. The number of benzene rings is 1. The van der Waals surface area contributed by atoms with Crippen molar-refractivity contribution in [3.05, 3.63) is 35.6 Å². The SMILES string of the molecule is Fc1cccc(CC(CBr)C2CC2)c1. The Morgan fingerprint density at radius 2 is 2.21 bits per heavy atom. The Bertz CT molecular complexity index is 307. The second kappa shape index (κ2) is 4.43. The zero-order valence-electron chi connectivity index (χ0n) is 8.05. The average molecular weight is 257 g/mol. The van der Waals surface area contributed by atoms with Crippen molar-refractivity contribution in [1.29, 1.82) is 0 Å². The van der Waals surface area contributed by atoms with E-state index in [1.165, 1.54) is 18.9 Å². The van der Waals surface area contributed by atoms with E-state index >= 15 is 0 Å². The topological polar surface area (TPSA) is 0 Å². The van der Waals surface area contributed by atoms with Crippen molar-refractivity contribution < 1.29 is 4.39 Å². The first-order valence-corrected chi connectivity index (χ1v) is 6.22. The minimum absolute atomic E-state index is 0.119. The van der Waals surface area contributed by atoms with Gasteiger partial charge in [-0.15, -0.1) is 0 Å². The second-order valence-corrected chi connectivity index (χ2v) is 4.73. The van der Waals surface area contributed by atoms with Crippen LogP contribution in [0.5, 0.6) is 0 Å². The summed E-state index contributed by atoms with van der Waals surface area (Å²) in [6, 6.07) is 6.96. The molecule has 0 heterocycles. The van der Waals surface area contributed by atoms with Crippen molar-refractivity contribution in [2.45, 2.75) is 19.3 Å². The molecule has 0 saturated heterocycles. The average Bonchev–Trinajstić information content (AvgIpc) is 2.97. The van der Waals surface area contributed by atoms with Crippen LogP contribution in [0.2, 0.25) is 0 Å². The van der Waals surface area contributed by atoms with Crippen molar-refractivity contribution >= 4 is 15.9 Å². The highest BCUT2D eigenvalue weighted by Gasteiger charge is 2.30. The molecule has 0 aliphatic heterocycles. The number of rotatable bonds is 4. The zero-order valence-corrected chi connectivity index (χ0v) is 9.63. The molecule has 14 heavy (non-hydrogen) atoms. The summed E-state index contributed by atoms with van der Waals surface area (Å²) in [6.45, 7) is 0. The Kier molecular flexibility index (Phi) is 3.22. The van der Waals surface area contributed by atoms with E-state index in [1.807, 2.05) is 6.07 Å². The Morgan fingerprint density at radius 3 is 2.79 bits per heavy atom. The maximum atomic E-state index is 12.9. The Balaban J connectivity index is 2.01. The number of alkyl halides is 1. The highest BCUT2D eigenvalue weighted by atomic mass is 79.9. The summed E-state index contributed by atoms with van der Waals surface area (Å²) >= 11 is 3.54. The van der Waals surface area contributed by atoms with Crippen LogP contribution < -0.4 is 0 Å². The fraction of sp³-hybridized carbons (Fsp3) is 0.500. The van der Waals surface area contributed by atoms with Gasteiger partial charge in [0.25, 0.3) is 0 Å². The van der Waals surface area contributed by atoms with Crippen LogP contribution in [0.25, 0.3) is 0 Å². The molecular weight excluding hydrogens is 243 g/mol. The molecule has 1 aliphatic carbocycles. The smallest absolute Gasteiger partial charge is 0.123 e. The van der Waals surface area contributed by atoms with Gasteiger partial charge in [-0.1, -0.05) is 28.1 Å². The predicted octanol–water partition coefficient (Wildman–Crippen LogP) is 3.79. The summed E-state index contributed by atoms with van der Waals surface area (Å²) in [5.41, 5.74) is 1.13. The predicted molar refractivity (Wildman–Crippen MR) is 60.1 cm³/mol. The molecule has 1 aromatic carbocycles. The number of halogens is 2. The van der Waals surface area contributed by atoms with E-state index in [1.54, 1.807) is 12.1 Å². The van der Waals surface area contributed by atoms with Gasteiger partial charge in [-0.25, -0.2) is 4.39 Å². The minimum atomic E-state index is -0.119. The van der Waals surface area contributed by atoms with Crippen LogP contribution in [0.15, 0.2) is 24.3 Å². The molecule has 1 aliphatic rings. The van der Waals surface area contributed by atoms with Gasteiger partial charge >= 0.3 is 0 Å². The summed E-state index contributed by atoms with van der Waals surface area (Å²) in [6.07, 6.45) is 3.71. The van der Waals surface area contributed by atoms with Gasteiger partial charge in [-0.05, 0) is 48.8 Å². The fourth-order valence-corrected chi connectivity index (χ4v) is 2.64. The van der Waals surface area contributed by atoms with Crippen molar-refractivity contribution in [2.24, 2.45) is 11.8 Å². The van der Waals surface area contributed by atoms with Gasteiger partial charge in [-0.3, -0.25) is 0 Å². The van der Waals surface area contributed by atoms with Gasteiger partial charge in [-0.2, -0.15) is 0 Å². The van der Waals surface area contributed by atoms with Crippen molar-refractivity contribution in [1.82, 2.24) is 0 Å². The van der Waals surface area contributed by atoms with E-state index in [-0.39, 0.29) is 5.82 Å². The lowest BCUT2D eigenvalue weighted by Gasteiger charge is -2.12. The van der Waals surface area contributed by atoms with E-state index in [0.29, 0.717) is 5.92 Å². The van der Waals surface area contributed by atoms with Crippen molar-refractivity contribution in [2.75, 3.05) is 5.33 Å². The number of hydrogen-bond donors (Lipinski definition) is 0. The van der Waals surface area contributed by atoms with E-state index in [2.05, 4.69) is 15.9 Å². The molecule has 0 N–H and O–H groups in total. The molecule has 0 nitrogen and oxygen atoms in total. The molecule has 1 aromatic rings. The Morgan fingerprint density at radius 1 is 1.43 bits per heavy atom. The van der Waals surface area contributed by atoms with E-state index in [4.69, 9.17) is 0 Å². The van der Waals surface area contributed by atoms with Gasteiger partial charge in [0.2, 0.25) is 0 Å². The van der Waals surface area contributed by atoms with Crippen molar-refractivity contribution in [3.63, 3.8) is 0 Å². The maximum absolute atomic E-state index is 12.9. The largest absolute Gasteiger partial charge is 0.207 e. The van der Waals surface area contributed by atoms with Gasteiger partial charge in [0.15, 0.2) is 0 Å². The van der Waals surface area contributed by atoms with E-state index < -0.39 is 0 Å². The quantitative estimate of drug-likeness (QED) is 0.720. The molecule has 1 atom stereocenters. The summed E-state index contributed by atoms with van der Waals surface area (Å²) in [5.74, 6) is 1.45. The lowest BCUT2D eigenvalue weighted by atomic mass is 9.97. The second-order valence-electron chi connectivity index (χ2n) is 4.09. The lowest BCUT2D eigenvalue weighted by Crippen LogP contribution is -2.08. The molecule has 76 valence electrons. The molecule has 0 radical (unpaired) electrons. The van der Waals surface area contributed by atoms with Gasteiger partial charge in [0, 0.05) is 5.33 Å². The molecule has 2 rings (SSSR count). The molecule has 0 amide bonds.